The third kappa shape index (κ3) is 3.87. The molecule has 3 rings (SSSR count). The number of amides is 2. The lowest BCUT2D eigenvalue weighted by atomic mass is 9.93. The highest BCUT2D eigenvalue weighted by Gasteiger charge is 2.27. The molecule has 1 saturated heterocycles. The molecular formula is C17H23ClFN3O2. The monoisotopic (exact) mass is 355 g/mol. The van der Waals surface area contributed by atoms with E-state index in [0.717, 1.165) is 24.8 Å². The molecule has 1 fully saturated rings. The summed E-state index contributed by atoms with van der Waals surface area (Å²) in [5.74, 6) is -0.546. The van der Waals surface area contributed by atoms with Gasteiger partial charge in [0.2, 0.25) is 5.91 Å². The number of hydrogen-bond donors (Lipinski definition) is 2. The Balaban J connectivity index is 0.00000208. The topological polar surface area (TPSA) is 75.4 Å². The van der Waals surface area contributed by atoms with Gasteiger partial charge in [0.05, 0.1) is 5.56 Å². The van der Waals surface area contributed by atoms with E-state index in [1.54, 1.807) is 11.0 Å². The molecule has 0 spiro atoms. The Labute approximate surface area is 147 Å². The molecule has 7 heteroatoms. The Kier molecular flexibility index (Phi) is 6.18. The van der Waals surface area contributed by atoms with Gasteiger partial charge in [0.25, 0.3) is 5.91 Å². The van der Waals surface area contributed by atoms with Crippen molar-refractivity contribution < 1.29 is 14.0 Å². The third-order valence-electron chi connectivity index (χ3n) is 4.70. The second-order valence-corrected chi connectivity index (χ2v) is 6.37. The van der Waals surface area contributed by atoms with Crippen molar-refractivity contribution in [2.24, 2.45) is 11.7 Å². The number of carbonyl (C=O) groups is 2. The van der Waals surface area contributed by atoms with Crippen molar-refractivity contribution in [3.63, 3.8) is 0 Å². The molecule has 0 saturated carbocycles. The molecule has 2 aliphatic heterocycles. The average Bonchev–Trinajstić information content (AvgIpc) is 2.54. The van der Waals surface area contributed by atoms with Crippen molar-refractivity contribution in [2.75, 3.05) is 25.0 Å². The molecule has 5 nitrogen and oxygen atoms in total. The van der Waals surface area contributed by atoms with E-state index in [-0.39, 0.29) is 29.8 Å². The number of aryl methyl sites for hydroxylation is 1. The van der Waals surface area contributed by atoms with Crippen LogP contribution in [0.4, 0.5) is 10.1 Å². The predicted molar refractivity (Wildman–Crippen MR) is 92.9 cm³/mol. The molecule has 0 aliphatic carbocycles. The van der Waals surface area contributed by atoms with Gasteiger partial charge in [-0.25, -0.2) is 4.39 Å². The maximum atomic E-state index is 14.3. The van der Waals surface area contributed by atoms with Gasteiger partial charge >= 0.3 is 0 Å². The highest BCUT2D eigenvalue weighted by molar-refractivity contribution is 5.98. The zero-order valence-electron chi connectivity index (χ0n) is 13.5. The summed E-state index contributed by atoms with van der Waals surface area (Å²) in [6.07, 6.45) is 3.80. The minimum Gasteiger partial charge on any atom is -0.338 e. The summed E-state index contributed by atoms with van der Waals surface area (Å²) in [6, 6.07) is 2.86. The lowest BCUT2D eigenvalue weighted by Crippen LogP contribution is -2.40. The number of hydrogen-bond acceptors (Lipinski definition) is 3. The van der Waals surface area contributed by atoms with E-state index in [4.69, 9.17) is 5.73 Å². The van der Waals surface area contributed by atoms with Gasteiger partial charge in [0.15, 0.2) is 0 Å². The number of carbonyl (C=O) groups excluding carboxylic acids is 2. The van der Waals surface area contributed by atoms with Crippen LogP contribution in [0.3, 0.4) is 0 Å². The first-order chi connectivity index (χ1) is 11.1. The standard InChI is InChI=1S/C17H22FN3O2.ClH/c18-14-9-15-12(3-4-16(22)20-15)8-13(14)17(23)21-7-1-2-11(10-21)5-6-19;/h8-9,11H,1-7,10,19H2,(H,20,22);1H. The fraction of sp³-hybridized carbons (Fsp3) is 0.529. The molecule has 3 N–H and O–H groups in total. The quantitative estimate of drug-likeness (QED) is 0.873. The number of anilines is 1. The largest absolute Gasteiger partial charge is 0.338 e. The van der Waals surface area contributed by atoms with Crippen LogP contribution in [-0.2, 0) is 11.2 Å². The van der Waals surface area contributed by atoms with Crippen LogP contribution in [0.15, 0.2) is 12.1 Å². The van der Waals surface area contributed by atoms with E-state index >= 15 is 0 Å². The van der Waals surface area contributed by atoms with Crippen molar-refractivity contribution in [1.29, 1.82) is 0 Å². The lowest BCUT2D eigenvalue weighted by molar-refractivity contribution is -0.116. The number of benzene rings is 1. The van der Waals surface area contributed by atoms with Crippen LogP contribution in [0.1, 0.15) is 41.6 Å². The molecule has 24 heavy (non-hydrogen) atoms. The van der Waals surface area contributed by atoms with Gasteiger partial charge in [-0.3, -0.25) is 9.59 Å². The Hall–Kier alpha value is -1.66. The summed E-state index contributed by atoms with van der Waals surface area (Å²) in [7, 11) is 0. The minimum atomic E-state index is -0.572. The Morgan fingerprint density at radius 3 is 2.92 bits per heavy atom. The lowest BCUT2D eigenvalue weighted by Gasteiger charge is -2.33. The fourth-order valence-corrected chi connectivity index (χ4v) is 3.46. The third-order valence-corrected chi connectivity index (χ3v) is 4.70. The first kappa shape index (κ1) is 18.7. The van der Waals surface area contributed by atoms with Crippen LogP contribution in [0, 0.1) is 11.7 Å². The van der Waals surface area contributed by atoms with Crippen LogP contribution < -0.4 is 11.1 Å². The van der Waals surface area contributed by atoms with Crippen LogP contribution in [0.25, 0.3) is 0 Å². The second-order valence-electron chi connectivity index (χ2n) is 6.37. The highest BCUT2D eigenvalue weighted by atomic mass is 35.5. The Bertz CT molecular complexity index is 637. The number of nitrogens with zero attached hydrogens (tertiary/aromatic N) is 1. The van der Waals surface area contributed by atoms with Gasteiger partial charge in [-0.15, -0.1) is 12.4 Å². The van der Waals surface area contributed by atoms with Crippen LogP contribution >= 0.6 is 12.4 Å². The number of halogens is 2. The van der Waals surface area contributed by atoms with Crippen LogP contribution in [0.5, 0.6) is 0 Å². The highest BCUT2D eigenvalue weighted by Crippen LogP contribution is 2.28. The summed E-state index contributed by atoms with van der Waals surface area (Å²) < 4.78 is 14.3. The summed E-state index contributed by atoms with van der Waals surface area (Å²) in [5.41, 5.74) is 7.02. The van der Waals surface area contributed by atoms with Gasteiger partial charge in [0.1, 0.15) is 5.82 Å². The zero-order valence-corrected chi connectivity index (χ0v) is 14.3. The average molecular weight is 356 g/mol. The number of likely N-dealkylation sites (tertiary alicyclic amines) is 1. The molecule has 2 amide bonds. The Morgan fingerprint density at radius 2 is 2.17 bits per heavy atom. The van der Waals surface area contributed by atoms with E-state index in [1.165, 1.54) is 6.07 Å². The number of piperidine rings is 1. The van der Waals surface area contributed by atoms with Gasteiger partial charge in [0, 0.05) is 25.2 Å². The molecule has 1 aromatic carbocycles. The van der Waals surface area contributed by atoms with E-state index < -0.39 is 5.82 Å². The molecule has 0 bridgehead atoms. The number of rotatable bonds is 3. The number of fused-ring (bicyclic) bond motifs is 1. The van der Waals surface area contributed by atoms with Crippen molar-refractivity contribution in [2.45, 2.75) is 32.1 Å². The fourth-order valence-electron chi connectivity index (χ4n) is 3.46. The SMILES string of the molecule is Cl.NCCC1CCCN(C(=O)c2cc3c(cc2F)NC(=O)CC3)C1. The molecule has 1 aromatic rings. The molecule has 0 radical (unpaired) electrons. The van der Waals surface area contributed by atoms with Crippen molar-refractivity contribution in [3.8, 4) is 0 Å². The summed E-state index contributed by atoms with van der Waals surface area (Å²) in [4.78, 5) is 25.8. The van der Waals surface area contributed by atoms with E-state index in [2.05, 4.69) is 5.32 Å². The minimum absolute atomic E-state index is 0. The first-order valence-electron chi connectivity index (χ1n) is 8.20. The van der Waals surface area contributed by atoms with E-state index in [9.17, 15) is 14.0 Å². The van der Waals surface area contributed by atoms with Gasteiger partial charge < -0.3 is 16.0 Å². The maximum Gasteiger partial charge on any atom is 0.256 e. The van der Waals surface area contributed by atoms with Gasteiger partial charge in [-0.1, -0.05) is 0 Å². The van der Waals surface area contributed by atoms with E-state index in [0.29, 0.717) is 44.1 Å². The van der Waals surface area contributed by atoms with Gasteiger partial charge in [-0.05, 0) is 55.8 Å². The molecule has 1 unspecified atom stereocenters. The smallest absolute Gasteiger partial charge is 0.256 e. The second kappa shape index (κ2) is 7.94. The molecule has 0 aromatic heterocycles. The molecular weight excluding hydrogens is 333 g/mol. The number of nitrogens with two attached hydrogens (primary N) is 1. The van der Waals surface area contributed by atoms with Crippen LogP contribution in [0.2, 0.25) is 0 Å². The number of nitrogens with one attached hydrogen (secondary N) is 1. The zero-order chi connectivity index (χ0) is 16.4. The molecule has 2 heterocycles. The normalized spacial score (nSPS) is 20.0. The summed E-state index contributed by atoms with van der Waals surface area (Å²) in [6.45, 7) is 1.91. The predicted octanol–water partition coefficient (Wildman–Crippen LogP) is 2.33. The molecule has 1 atom stereocenters. The summed E-state index contributed by atoms with van der Waals surface area (Å²) in [5, 5.41) is 2.65. The molecule has 132 valence electrons. The van der Waals surface area contributed by atoms with Crippen molar-refractivity contribution in [1.82, 2.24) is 4.90 Å². The first-order valence-corrected chi connectivity index (χ1v) is 8.20. The maximum absolute atomic E-state index is 14.3. The Morgan fingerprint density at radius 1 is 1.38 bits per heavy atom. The van der Waals surface area contributed by atoms with E-state index in [1.807, 2.05) is 0 Å². The molecule has 2 aliphatic rings. The summed E-state index contributed by atoms with van der Waals surface area (Å²) >= 11 is 0. The van der Waals surface area contributed by atoms with Crippen LogP contribution in [-0.4, -0.2) is 36.3 Å². The van der Waals surface area contributed by atoms with Gasteiger partial charge in [-0.2, -0.15) is 0 Å². The van der Waals surface area contributed by atoms with Crippen molar-refractivity contribution >= 4 is 29.9 Å². The van der Waals surface area contributed by atoms with Crippen molar-refractivity contribution in [3.05, 3.63) is 29.1 Å².